The van der Waals surface area contributed by atoms with Gasteiger partial charge in [0.05, 0.1) is 20.5 Å². The minimum atomic E-state index is -0.706. The molecule has 3 rings (SSSR count). The SMILES string of the molecule is C=C([C-]=O)/C(=C\C=C\c1cnc2[nH]cc(-c3ccccc3OC)c2c1)NC(=O)OC.CC.[CH2-]CC([CH2-])N(C)C.[K+]. The zero-order chi connectivity index (χ0) is 29.4. The van der Waals surface area contributed by atoms with Crippen molar-refractivity contribution in [3.05, 3.63) is 92.1 Å². The second kappa shape index (κ2) is 20.4. The van der Waals surface area contributed by atoms with E-state index in [2.05, 4.69) is 40.4 Å². The van der Waals surface area contributed by atoms with E-state index in [0.29, 0.717) is 6.04 Å². The number of amides is 1. The van der Waals surface area contributed by atoms with Crippen molar-refractivity contribution in [1.29, 1.82) is 0 Å². The molecule has 1 unspecified atom stereocenters. The Morgan fingerprint density at radius 1 is 1.25 bits per heavy atom. The third-order valence-electron chi connectivity index (χ3n) is 5.43. The predicted molar refractivity (Wildman–Crippen MR) is 160 cm³/mol. The molecule has 0 saturated carbocycles. The Kier molecular flexibility index (Phi) is 19.1. The number of para-hydroxylation sites is 1. The maximum Gasteiger partial charge on any atom is 1.00 e. The number of rotatable bonds is 9. The Hall–Kier alpha value is -2.53. The second-order valence-electron chi connectivity index (χ2n) is 8.11. The largest absolute Gasteiger partial charge is 1.00 e. The van der Waals surface area contributed by atoms with Crippen LogP contribution < -0.4 is 61.4 Å². The van der Waals surface area contributed by atoms with Crippen molar-refractivity contribution in [3.8, 4) is 16.9 Å². The van der Waals surface area contributed by atoms with Gasteiger partial charge in [-0.05, 0) is 31.8 Å². The summed E-state index contributed by atoms with van der Waals surface area (Å²) < 4.78 is 10.0. The Balaban J connectivity index is 0.00000133. The molecule has 0 aliphatic rings. The number of aromatic nitrogens is 2. The van der Waals surface area contributed by atoms with E-state index in [1.165, 1.54) is 13.2 Å². The fourth-order valence-corrected chi connectivity index (χ4v) is 3.15. The summed E-state index contributed by atoms with van der Waals surface area (Å²) in [6.07, 6.45) is 10.4. The van der Waals surface area contributed by atoms with Crippen molar-refractivity contribution >= 4 is 29.5 Å². The molecule has 2 heterocycles. The molecule has 1 aromatic carbocycles. The quantitative estimate of drug-likeness (QED) is 0.178. The molecule has 2 N–H and O–H groups in total. The minimum Gasteiger partial charge on any atom is -0.496 e. The van der Waals surface area contributed by atoms with E-state index in [4.69, 9.17) is 4.74 Å². The maximum absolute atomic E-state index is 11.4. The summed E-state index contributed by atoms with van der Waals surface area (Å²) in [4.78, 5) is 32.0. The number of fused-ring (bicyclic) bond motifs is 1. The standard InChI is InChI=1S/C23H20N3O4.C6H13N.C2H6.K/c1-15(14-27)20(26-23(28)30-3)9-6-7-16-11-18-19(13-25-22(18)24-12-16)17-8-4-5-10-21(17)29-2;1-5-6(2)7(3)4;1-2;/h4-13H,1H2,2-3H3,(H,24,25)(H,26,28);6H,1-2,5H2,3-4H3;1-2H3;/q-1;-2;;+1/b7-6+,20-9+;;;. The number of aromatic amines is 1. The first-order valence-electron chi connectivity index (χ1n) is 12.5. The van der Waals surface area contributed by atoms with Gasteiger partial charge >= 0.3 is 57.5 Å². The van der Waals surface area contributed by atoms with E-state index in [0.717, 1.165) is 39.9 Å². The zero-order valence-corrected chi connectivity index (χ0v) is 27.8. The Morgan fingerprint density at radius 3 is 2.48 bits per heavy atom. The summed E-state index contributed by atoms with van der Waals surface area (Å²) in [5, 5.41) is 3.36. The Morgan fingerprint density at radius 2 is 1.93 bits per heavy atom. The van der Waals surface area contributed by atoms with Crippen molar-refractivity contribution in [2.45, 2.75) is 26.3 Å². The monoisotopic (exact) mass is 570 g/mol. The van der Waals surface area contributed by atoms with Crippen LogP contribution in [0.15, 0.2) is 72.7 Å². The summed E-state index contributed by atoms with van der Waals surface area (Å²) in [7, 11) is 6.87. The molecule has 0 fully saturated rings. The topological polar surface area (TPSA) is 96.6 Å². The Bertz CT molecular complexity index is 1280. The van der Waals surface area contributed by atoms with Gasteiger partial charge in [0.2, 0.25) is 0 Å². The van der Waals surface area contributed by atoms with Gasteiger partial charge in [0.1, 0.15) is 11.4 Å². The van der Waals surface area contributed by atoms with Crippen molar-refractivity contribution in [3.63, 3.8) is 0 Å². The summed E-state index contributed by atoms with van der Waals surface area (Å²) in [5.41, 5.74) is 3.70. The van der Waals surface area contributed by atoms with Crippen LogP contribution in [0, 0.1) is 13.8 Å². The molecule has 40 heavy (non-hydrogen) atoms. The molecule has 9 heteroatoms. The van der Waals surface area contributed by atoms with Gasteiger partial charge in [-0.2, -0.15) is 13.0 Å². The zero-order valence-electron chi connectivity index (χ0n) is 24.7. The normalized spacial score (nSPS) is 11.4. The van der Waals surface area contributed by atoms with Crippen LogP contribution in [0.3, 0.4) is 0 Å². The fraction of sp³-hybridized carbons (Fsp3) is 0.258. The van der Waals surface area contributed by atoms with Crippen LogP contribution in [-0.2, 0) is 9.53 Å². The van der Waals surface area contributed by atoms with Crippen LogP contribution in [0.2, 0.25) is 0 Å². The second-order valence-corrected chi connectivity index (χ2v) is 8.11. The number of alkyl carbamates (subject to hydrolysis) is 1. The van der Waals surface area contributed by atoms with Crippen molar-refractivity contribution < 1.29 is 70.4 Å². The fourth-order valence-electron chi connectivity index (χ4n) is 3.15. The number of benzene rings is 1. The number of methoxy groups -OCH3 is 2. The number of carbonyl (C=O) groups is 1. The number of H-pyrrole nitrogens is 1. The molecular weight excluding hydrogens is 531 g/mol. The number of allylic oxidation sites excluding steroid dienone is 3. The van der Waals surface area contributed by atoms with Crippen molar-refractivity contribution in [2.75, 3.05) is 28.3 Å². The number of nitrogens with one attached hydrogen (secondary N) is 2. The maximum atomic E-state index is 11.4. The molecule has 0 bridgehead atoms. The Labute approximate surface area is 281 Å². The van der Waals surface area contributed by atoms with E-state index in [9.17, 15) is 9.59 Å². The third kappa shape index (κ3) is 11.5. The first kappa shape index (κ1) is 37.5. The van der Waals surface area contributed by atoms with Crippen LogP contribution in [0.4, 0.5) is 4.79 Å². The number of nitrogens with zero attached hydrogens (tertiary/aromatic N) is 2. The van der Waals surface area contributed by atoms with Crippen LogP contribution in [0.25, 0.3) is 28.2 Å². The molecule has 2 aromatic heterocycles. The average Bonchev–Trinajstić information content (AvgIpc) is 3.40. The van der Waals surface area contributed by atoms with Crippen LogP contribution in [-0.4, -0.2) is 61.6 Å². The summed E-state index contributed by atoms with van der Waals surface area (Å²) in [6.45, 7) is 15.1. The van der Waals surface area contributed by atoms with Crippen molar-refractivity contribution in [2.24, 2.45) is 0 Å². The van der Waals surface area contributed by atoms with Gasteiger partial charge in [-0.15, -0.1) is 11.6 Å². The van der Waals surface area contributed by atoms with Crippen molar-refractivity contribution in [1.82, 2.24) is 20.2 Å². The van der Waals surface area contributed by atoms with E-state index in [1.54, 1.807) is 31.7 Å². The average molecular weight is 571 g/mol. The number of hydrogen-bond donors (Lipinski definition) is 2. The van der Waals surface area contributed by atoms with Gasteiger partial charge in [-0.25, -0.2) is 9.78 Å². The predicted octanol–water partition coefficient (Wildman–Crippen LogP) is 3.16. The van der Waals surface area contributed by atoms with Crippen LogP contribution in [0.5, 0.6) is 5.75 Å². The van der Waals surface area contributed by atoms with E-state index in [-0.39, 0.29) is 62.7 Å². The molecule has 0 saturated heterocycles. The van der Waals surface area contributed by atoms with E-state index in [1.807, 2.05) is 69.4 Å². The number of carbonyl (C=O) groups excluding carboxylic acids is 2. The molecule has 0 aliphatic heterocycles. The molecule has 0 spiro atoms. The van der Waals surface area contributed by atoms with E-state index >= 15 is 0 Å². The molecule has 210 valence electrons. The molecule has 8 nitrogen and oxygen atoms in total. The van der Waals surface area contributed by atoms with Gasteiger partial charge in [0.15, 0.2) is 0 Å². The summed E-state index contributed by atoms with van der Waals surface area (Å²) >= 11 is 0. The molecular formula is C31H39KN4O4-2. The van der Waals surface area contributed by atoms with Gasteiger partial charge < -0.3 is 43.3 Å². The molecule has 0 radical (unpaired) electrons. The first-order chi connectivity index (χ1) is 18.7. The number of pyridine rings is 1. The van der Waals surface area contributed by atoms with E-state index < -0.39 is 6.09 Å². The van der Waals surface area contributed by atoms with Crippen LogP contribution in [0.1, 0.15) is 25.8 Å². The van der Waals surface area contributed by atoms with Gasteiger partial charge in [-0.1, -0.05) is 56.0 Å². The van der Waals surface area contributed by atoms with Crippen LogP contribution >= 0.6 is 0 Å². The molecule has 1 atom stereocenters. The molecule has 0 aliphatic carbocycles. The number of ether oxygens (including phenoxy) is 2. The van der Waals surface area contributed by atoms with Gasteiger partial charge in [0.25, 0.3) is 0 Å². The minimum absolute atomic E-state index is 0. The molecule has 1 amide bonds. The third-order valence-corrected chi connectivity index (χ3v) is 5.43. The number of hydrogen-bond acceptors (Lipinski definition) is 6. The summed E-state index contributed by atoms with van der Waals surface area (Å²) in [6, 6.07) is 10.1. The first-order valence-corrected chi connectivity index (χ1v) is 12.5. The van der Waals surface area contributed by atoms with Gasteiger partial charge in [0, 0.05) is 28.9 Å². The molecule has 3 aromatic rings. The summed E-state index contributed by atoms with van der Waals surface area (Å²) in [5.74, 6) is 0.768. The van der Waals surface area contributed by atoms with Gasteiger partial charge in [-0.3, -0.25) is 0 Å². The smallest absolute Gasteiger partial charge is 0.496 e.